The van der Waals surface area contributed by atoms with E-state index in [0.717, 1.165) is 22.2 Å². The standard InChI is InChI=1S/C20H20ClN3O2/c1-5-24-17-10-13(4)12(3)9-16(17)22-18(20(24)26)19(25)23-15-7-6-11(2)8-14(15)21/h6-10H,5H2,1-4H3,(H,23,25). The summed E-state index contributed by atoms with van der Waals surface area (Å²) in [6.07, 6.45) is 0. The van der Waals surface area contributed by atoms with E-state index in [9.17, 15) is 9.59 Å². The number of aromatic nitrogens is 2. The van der Waals surface area contributed by atoms with Gasteiger partial charge in [-0.15, -0.1) is 0 Å². The molecule has 0 radical (unpaired) electrons. The quantitative estimate of drug-likeness (QED) is 0.750. The SMILES string of the molecule is CCn1c(=O)c(C(=O)Nc2ccc(C)cc2Cl)nc2cc(C)c(C)cc21. The van der Waals surface area contributed by atoms with Gasteiger partial charge < -0.3 is 9.88 Å². The Morgan fingerprint density at radius 2 is 1.85 bits per heavy atom. The molecule has 3 rings (SSSR count). The molecular weight excluding hydrogens is 350 g/mol. The molecule has 1 heterocycles. The van der Waals surface area contributed by atoms with Gasteiger partial charge in [0.1, 0.15) is 0 Å². The van der Waals surface area contributed by atoms with Gasteiger partial charge in [0.25, 0.3) is 11.5 Å². The second-order valence-electron chi connectivity index (χ2n) is 6.37. The summed E-state index contributed by atoms with van der Waals surface area (Å²) >= 11 is 6.17. The maximum absolute atomic E-state index is 12.8. The van der Waals surface area contributed by atoms with Crippen molar-refractivity contribution in [1.82, 2.24) is 9.55 Å². The number of carbonyl (C=O) groups is 1. The molecule has 0 bridgehead atoms. The summed E-state index contributed by atoms with van der Waals surface area (Å²) in [6, 6.07) is 9.13. The largest absolute Gasteiger partial charge is 0.319 e. The topological polar surface area (TPSA) is 64.0 Å². The highest BCUT2D eigenvalue weighted by Crippen LogP contribution is 2.23. The average Bonchev–Trinajstić information content (AvgIpc) is 2.58. The van der Waals surface area contributed by atoms with Crippen molar-refractivity contribution in [2.24, 2.45) is 0 Å². The second-order valence-corrected chi connectivity index (χ2v) is 6.78. The fourth-order valence-electron chi connectivity index (χ4n) is 2.86. The van der Waals surface area contributed by atoms with E-state index in [-0.39, 0.29) is 5.69 Å². The highest BCUT2D eigenvalue weighted by molar-refractivity contribution is 6.34. The Bertz CT molecular complexity index is 1090. The highest BCUT2D eigenvalue weighted by atomic mass is 35.5. The van der Waals surface area contributed by atoms with Crippen molar-refractivity contribution in [3.63, 3.8) is 0 Å². The fourth-order valence-corrected chi connectivity index (χ4v) is 3.14. The molecule has 0 atom stereocenters. The van der Waals surface area contributed by atoms with Gasteiger partial charge in [0.05, 0.1) is 21.7 Å². The van der Waals surface area contributed by atoms with Crippen LogP contribution in [0, 0.1) is 20.8 Å². The van der Waals surface area contributed by atoms with Gasteiger partial charge in [0.2, 0.25) is 0 Å². The summed E-state index contributed by atoms with van der Waals surface area (Å²) in [5.74, 6) is -0.567. The predicted molar refractivity (Wildman–Crippen MR) is 105 cm³/mol. The zero-order valence-electron chi connectivity index (χ0n) is 15.2. The number of nitrogens with zero attached hydrogens (tertiary/aromatic N) is 2. The summed E-state index contributed by atoms with van der Waals surface area (Å²) in [6.45, 7) is 8.19. The van der Waals surface area contributed by atoms with Gasteiger partial charge >= 0.3 is 0 Å². The van der Waals surface area contributed by atoms with Gasteiger partial charge in [-0.25, -0.2) is 4.98 Å². The molecule has 26 heavy (non-hydrogen) atoms. The lowest BCUT2D eigenvalue weighted by molar-refractivity contribution is 0.102. The molecule has 0 saturated carbocycles. The number of nitrogens with one attached hydrogen (secondary N) is 1. The summed E-state index contributed by atoms with van der Waals surface area (Å²) in [5.41, 5.74) is 4.36. The molecular formula is C20H20ClN3O2. The number of hydrogen-bond donors (Lipinski definition) is 1. The molecule has 0 unspecified atom stereocenters. The minimum Gasteiger partial charge on any atom is -0.319 e. The van der Waals surface area contributed by atoms with Crippen LogP contribution >= 0.6 is 11.6 Å². The van der Waals surface area contributed by atoms with Crippen molar-refractivity contribution in [3.05, 3.63) is 68.1 Å². The molecule has 0 fully saturated rings. The first-order chi connectivity index (χ1) is 12.3. The average molecular weight is 370 g/mol. The number of benzene rings is 2. The van der Waals surface area contributed by atoms with Crippen molar-refractivity contribution < 1.29 is 4.79 Å². The van der Waals surface area contributed by atoms with Gasteiger partial charge in [0, 0.05) is 6.54 Å². The Balaban J connectivity index is 2.12. The molecule has 0 aliphatic rings. The highest BCUT2D eigenvalue weighted by Gasteiger charge is 2.18. The molecule has 1 amide bonds. The monoisotopic (exact) mass is 369 g/mol. The smallest absolute Gasteiger partial charge is 0.282 e. The van der Waals surface area contributed by atoms with E-state index in [0.29, 0.717) is 22.8 Å². The van der Waals surface area contributed by atoms with Crippen molar-refractivity contribution in [1.29, 1.82) is 0 Å². The number of anilines is 1. The Labute approximate surface area is 156 Å². The van der Waals surface area contributed by atoms with E-state index < -0.39 is 11.5 Å². The molecule has 0 spiro atoms. The molecule has 1 N–H and O–H groups in total. The molecule has 0 aliphatic carbocycles. The third-order valence-corrected chi connectivity index (χ3v) is 4.78. The van der Waals surface area contributed by atoms with Crippen LogP contribution in [0.25, 0.3) is 11.0 Å². The van der Waals surface area contributed by atoms with E-state index in [2.05, 4.69) is 10.3 Å². The first kappa shape index (κ1) is 18.1. The number of fused-ring (bicyclic) bond motifs is 1. The molecule has 3 aromatic rings. The third-order valence-electron chi connectivity index (χ3n) is 4.47. The molecule has 0 saturated heterocycles. The molecule has 0 aliphatic heterocycles. The number of aryl methyl sites for hydroxylation is 4. The van der Waals surface area contributed by atoms with Crippen LogP contribution in [0.15, 0.2) is 35.1 Å². The predicted octanol–water partition coefficient (Wildman–Crippen LogP) is 4.25. The Morgan fingerprint density at radius 1 is 1.15 bits per heavy atom. The van der Waals surface area contributed by atoms with Gasteiger partial charge in [-0.05, 0) is 68.7 Å². The molecule has 2 aromatic carbocycles. The number of carbonyl (C=O) groups excluding carboxylic acids is 1. The lowest BCUT2D eigenvalue weighted by Crippen LogP contribution is -2.31. The van der Waals surface area contributed by atoms with Gasteiger partial charge in [-0.3, -0.25) is 9.59 Å². The van der Waals surface area contributed by atoms with Gasteiger partial charge in [-0.2, -0.15) is 0 Å². The minimum atomic E-state index is -0.567. The van der Waals surface area contributed by atoms with Crippen LogP contribution in [-0.2, 0) is 6.54 Å². The molecule has 5 nitrogen and oxygen atoms in total. The number of halogens is 1. The van der Waals surface area contributed by atoms with Crippen molar-refractivity contribution >= 4 is 34.2 Å². The molecule has 6 heteroatoms. The van der Waals surface area contributed by atoms with E-state index in [1.807, 2.05) is 45.9 Å². The van der Waals surface area contributed by atoms with Crippen LogP contribution in [0.5, 0.6) is 0 Å². The summed E-state index contributed by atoms with van der Waals surface area (Å²) < 4.78 is 1.57. The van der Waals surface area contributed by atoms with Crippen LogP contribution in [0.3, 0.4) is 0 Å². The van der Waals surface area contributed by atoms with Crippen molar-refractivity contribution in [2.45, 2.75) is 34.2 Å². The number of amides is 1. The van der Waals surface area contributed by atoms with Crippen LogP contribution in [0.1, 0.15) is 34.1 Å². The van der Waals surface area contributed by atoms with Crippen LogP contribution in [-0.4, -0.2) is 15.5 Å². The summed E-state index contributed by atoms with van der Waals surface area (Å²) in [5, 5.41) is 3.11. The molecule has 1 aromatic heterocycles. The maximum atomic E-state index is 12.8. The Hall–Kier alpha value is -2.66. The number of rotatable bonds is 3. The number of hydrogen-bond acceptors (Lipinski definition) is 3. The normalized spacial score (nSPS) is 11.0. The van der Waals surface area contributed by atoms with E-state index in [1.165, 1.54) is 0 Å². The fraction of sp³-hybridized carbons (Fsp3) is 0.250. The lowest BCUT2D eigenvalue weighted by Gasteiger charge is -2.13. The van der Waals surface area contributed by atoms with E-state index in [4.69, 9.17) is 11.6 Å². The van der Waals surface area contributed by atoms with Crippen molar-refractivity contribution in [2.75, 3.05) is 5.32 Å². The van der Waals surface area contributed by atoms with E-state index >= 15 is 0 Å². The van der Waals surface area contributed by atoms with Crippen LogP contribution in [0.2, 0.25) is 5.02 Å². The third kappa shape index (κ3) is 3.22. The van der Waals surface area contributed by atoms with Gasteiger partial charge in [-0.1, -0.05) is 17.7 Å². The zero-order valence-corrected chi connectivity index (χ0v) is 15.9. The molecule has 134 valence electrons. The van der Waals surface area contributed by atoms with E-state index in [1.54, 1.807) is 16.7 Å². The summed E-state index contributed by atoms with van der Waals surface area (Å²) in [7, 11) is 0. The van der Waals surface area contributed by atoms with Crippen molar-refractivity contribution in [3.8, 4) is 0 Å². The minimum absolute atomic E-state index is 0.140. The Morgan fingerprint density at radius 3 is 2.50 bits per heavy atom. The first-order valence-corrected chi connectivity index (χ1v) is 8.79. The summed E-state index contributed by atoms with van der Waals surface area (Å²) in [4.78, 5) is 29.8. The first-order valence-electron chi connectivity index (χ1n) is 8.41. The Kier molecular flexibility index (Phi) is 4.83. The lowest BCUT2D eigenvalue weighted by atomic mass is 10.1. The second kappa shape index (κ2) is 6.92. The van der Waals surface area contributed by atoms with Crippen LogP contribution < -0.4 is 10.9 Å². The maximum Gasteiger partial charge on any atom is 0.282 e. The van der Waals surface area contributed by atoms with Crippen LogP contribution in [0.4, 0.5) is 5.69 Å². The van der Waals surface area contributed by atoms with Gasteiger partial charge in [0.15, 0.2) is 5.69 Å². The zero-order chi connectivity index (χ0) is 19.0.